The summed E-state index contributed by atoms with van der Waals surface area (Å²) in [5.41, 5.74) is 6.79. The molecule has 0 saturated heterocycles. The Labute approximate surface area is 83.0 Å². The number of rotatable bonds is 3. The van der Waals surface area contributed by atoms with Gasteiger partial charge in [-0.2, -0.15) is 5.10 Å². The molecule has 0 spiro atoms. The summed E-state index contributed by atoms with van der Waals surface area (Å²) in [6.45, 7) is 4.19. The van der Waals surface area contributed by atoms with Crippen molar-refractivity contribution in [1.82, 2.24) is 9.78 Å². The Balaban J connectivity index is 2.24. The van der Waals surface area contributed by atoms with Gasteiger partial charge >= 0.3 is 0 Å². The lowest BCUT2D eigenvalue weighted by Crippen LogP contribution is -2.49. The van der Waals surface area contributed by atoms with Gasteiger partial charge in [0, 0.05) is 24.4 Å². The van der Waals surface area contributed by atoms with Gasteiger partial charge in [0.25, 0.3) is 0 Å². The van der Waals surface area contributed by atoms with E-state index in [4.69, 9.17) is 5.73 Å². The smallest absolute Gasteiger partial charge is 0.0558 e. The van der Waals surface area contributed by atoms with Crippen molar-refractivity contribution in [3.05, 3.63) is 24.5 Å². The molecule has 1 fully saturated rings. The Hall–Kier alpha value is -1.13. The maximum absolute atomic E-state index is 9.34. The second-order valence-corrected chi connectivity index (χ2v) is 3.94. The second-order valence-electron chi connectivity index (χ2n) is 3.94. The SMILES string of the molecule is C=Cn1cc(C2(CN)CC(O)C2)cn1. The van der Waals surface area contributed by atoms with Crippen molar-refractivity contribution >= 4 is 6.20 Å². The van der Waals surface area contributed by atoms with E-state index in [0.29, 0.717) is 6.54 Å². The van der Waals surface area contributed by atoms with E-state index in [-0.39, 0.29) is 11.5 Å². The number of aromatic nitrogens is 2. The fraction of sp³-hybridized carbons (Fsp3) is 0.500. The molecule has 4 heteroatoms. The van der Waals surface area contributed by atoms with E-state index in [1.54, 1.807) is 17.1 Å². The highest BCUT2D eigenvalue weighted by Crippen LogP contribution is 2.42. The molecule has 0 unspecified atom stereocenters. The van der Waals surface area contributed by atoms with Crippen molar-refractivity contribution in [1.29, 1.82) is 0 Å². The van der Waals surface area contributed by atoms with Crippen LogP contribution in [0.2, 0.25) is 0 Å². The van der Waals surface area contributed by atoms with Gasteiger partial charge in [0.15, 0.2) is 0 Å². The Kier molecular flexibility index (Phi) is 2.17. The van der Waals surface area contributed by atoms with Crippen LogP contribution in [0.3, 0.4) is 0 Å². The highest BCUT2D eigenvalue weighted by Gasteiger charge is 2.44. The molecule has 4 nitrogen and oxygen atoms in total. The van der Waals surface area contributed by atoms with E-state index in [9.17, 15) is 5.11 Å². The van der Waals surface area contributed by atoms with Crippen molar-refractivity contribution in [2.45, 2.75) is 24.4 Å². The maximum atomic E-state index is 9.34. The summed E-state index contributed by atoms with van der Waals surface area (Å²) in [6, 6.07) is 0. The Morgan fingerprint density at radius 3 is 2.93 bits per heavy atom. The van der Waals surface area contributed by atoms with Crippen molar-refractivity contribution in [2.24, 2.45) is 5.73 Å². The molecule has 0 atom stereocenters. The average molecular weight is 193 g/mol. The number of hydrogen-bond acceptors (Lipinski definition) is 3. The first-order chi connectivity index (χ1) is 6.70. The normalized spacial score (nSPS) is 31.1. The Morgan fingerprint density at radius 2 is 2.50 bits per heavy atom. The topological polar surface area (TPSA) is 64.1 Å². The molecule has 1 aromatic heterocycles. The van der Waals surface area contributed by atoms with Gasteiger partial charge in [0.05, 0.1) is 12.3 Å². The predicted molar refractivity (Wildman–Crippen MR) is 54.6 cm³/mol. The number of hydrogen-bond donors (Lipinski definition) is 2. The summed E-state index contributed by atoms with van der Waals surface area (Å²) in [6.07, 6.45) is 6.65. The minimum atomic E-state index is -0.203. The summed E-state index contributed by atoms with van der Waals surface area (Å²) >= 11 is 0. The van der Waals surface area contributed by atoms with Crippen molar-refractivity contribution in [2.75, 3.05) is 6.54 Å². The van der Waals surface area contributed by atoms with Gasteiger partial charge in [-0.3, -0.25) is 0 Å². The molecule has 0 amide bonds. The molecular weight excluding hydrogens is 178 g/mol. The maximum Gasteiger partial charge on any atom is 0.0558 e. The Morgan fingerprint density at radius 1 is 1.79 bits per heavy atom. The van der Waals surface area contributed by atoms with Gasteiger partial charge in [0.2, 0.25) is 0 Å². The number of nitrogens with two attached hydrogens (primary N) is 1. The summed E-state index contributed by atoms with van der Waals surface area (Å²) in [5, 5.41) is 13.5. The molecule has 0 aromatic carbocycles. The van der Waals surface area contributed by atoms with Crippen molar-refractivity contribution in [3.8, 4) is 0 Å². The molecule has 76 valence electrons. The van der Waals surface area contributed by atoms with E-state index in [1.807, 2.05) is 6.20 Å². The van der Waals surface area contributed by atoms with E-state index in [1.165, 1.54) is 0 Å². The molecule has 14 heavy (non-hydrogen) atoms. The summed E-state index contributed by atoms with van der Waals surface area (Å²) in [4.78, 5) is 0. The quantitative estimate of drug-likeness (QED) is 0.727. The first kappa shape index (κ1) is 9.43. The zero-order valence-corrected chi connectivity index (χ0v) is 8.06. The molecule has 1 heterocycles. The molecule has 0 radical (unpaired) electrons. The summed E-state index contributed by atoms with van der Waals surface area (Å²) in [7, 11) is 0. The molecule has 1 aliphatic rings. The zero-order chi connectivity index (χ0) is 10.2. The fourth-order valence-corrected chi connectivity index (χ4v) is 2.07. The molecule has 2 rings (SSSR count). The zero-order valence-electron chi connectivity index (χ0n) is 8.06. The van der Waals surface area contributed by atoms with Crippen LogP contribution in [0.4, 0.5) is 0 Å². The van der Waals surface area contributed by atoms with Crippen LogP contribution in [0.5, 0.6) is 0 Å². The summed E-state index contributed by atoms with van der Waals surface area (Å²) in [5.74, 6) is 0. The monoisotopic (exact) mass is 193 g/mol. The third-order valence-corrected chi connectivity index (χ3v) is 3.04. The third-order valence-electron chi connectivity index (χ3n) is 3.04. The molecular formula is C10H15N3O. The van der Waals surface area contributed by atoms with Gasteiger partial charge in [-0.15, -0.1) is 0 Å². The van der Waals surface area contributed by atoms with Crippen LogP contribution in [0.1, 0.15) is 18.4 Å². The predicted octanol–water partition coefficient (Wildman–Crippen LogP) is 0.335. The molecule has 1 aliphatic carbocycles. The van der Waals surface area contributed by atoms with Gasteiger partial charge in [-0.05, 0) is 18.4 Å². The number of nitrogens with zero attached hydrogens (tertiary/aromatic N) is 2. The molecule has 1 saturated carbocycles. The van der Waals surface area contributed by atoms with Gasteiger partial charge in [0.1, 0.15) is 0 Å². The minimum absolute atomic E-state index is 0.0549. The van der Waals surface area contributed by atoms with Crippen LogP contribution < -0.4 is 5.73 Å². The van der Waals surface area contributed by atoms with Crippen molar-refractivity contribution in [3.63, 3.8) is 0 Å². The lowest BCUT2D eigenvalue weighted by Gasteiger charge is -2.44. The number of aliphatic hydroxyl groups excluding tert-OH is 1. The lowest BCUT2D eigenvalue weighted by atomic mass is 9.63. The van der Waals surface area contributed by atoms with E-state index in [0.717, 1.165) is 18.4 Å². The standard InChI is InChI=1S/C10H15N3O/c1-2-13-6-8(5-12-13)10(7-11)3-9(14)4-10/h2,5-6,9,14H,1,3-4,7,11H2. The van der Waals surface area contributed by atoms with Crippen LogP contribution in [0.25, 0.3) is 6.20 Å². The average Bonchev–Trinajstić information content (AvgIpc) is 2.61. The van der Waals surface area contributed by atoms with E-state index >= 15 is 0 Å². The van der Waals surface area contributed by atoms with Crippen molar-refractivity contribution < 1.29 is 5.11 Å². The first-order valence-corrected chi connectivity index (χ1v) is 4.75. The highest BCUT2D eigenvalue weighted by atomic mass is 16.3. The molecule has 0 bridgehead atoms. The summed E-state index contributed by atoms with van der Waals surface area (Å²) < 4.78 is 1.66. The largest absolute Gasteiger partial charge is 0.393 e. The first-order valence-electron chi connectivity index (χ1n) is 4.75. The minimum Gasteiger partial charge on any atom is -0.393 e. The molecule has 3 N–H and O–H groups in total. The van der Waals surface area contributed by atoms with Gasteiger partial charge in [-0.1, -0.05) is 6.58 Å². The van der Waals surface area contributed by atoms with E-state index < -0.39 is 0 Å². The second kappa shape index (κ2) is 3.22. The lowest BCUT2D eigenvalue weighted by molar-refractivity contribution is 0.0221. The number of aliphatic hydroxyl groups is 1. The van der Waals surface area contributed by atoms with Crippen LogP contribution in [0, 0.1) is 0 Å². The molecule has 1 aromatic rings. The van der Waals surface area contributed by atoms with Gasteiger partial charge < -0.3 is 10.8 Å². The van der Waals surface area contributed by atoms with Crippen LogP contribution in [-0.2, 0) is 5.41 Å². The van der Waals surface area contributed by atoms with Crippen LogP contribution >= 0.6 is 0 Å². The Bertz CT molecular complexity index is 339. The molecule has 0 aliphatic heterocycles. The third kappa shape index (κ3) is 1.27. The highest BCUT2D eigenvalue weighted by molar-refractivity contribution is 5.28. The fourth-order valence-electron chi connectivity index (χ4n) is 2.07. The van der Waals surface area contributed by atoms with Crippen LogP contribution in [0.15, 0.2) is 19.0 Å². The van der Waals surface area contributed by atoms with Crippen LogP contribution in [-0.4, -0.2) is 27.5 Å². The van der Waals surface area contributed by atoms with E-state index in [2.05, 4.69) is 11.7 Å². The van der Waals surface area contributed by atoms with Gasteiger partial charge in [-0.25, -0.2) is 4.68 Å².